The number of halogens is 2. The molecule has 0 aliphatic heterocycles. The minimum absolute atomic E-state index is 0. The van der Waals surface area contributed by atoms with Gasteiger partial charge in [0.1, 0.15) is 11.6 Å². The van der Waals surface area contributed by atoms with E-state index in [0.717, 1.165) is 23.6 Å². The van der Waals surface area contributed by atoms with Crippen molar-refractivity contribution < 1.29 is 52.2 Å². The summed E-state index contributed by atoms with van der Waals surface area (Å²) in [6.45, 7) is 0. The molecule has 0 N–H and O–H groups in total. The van der Waals surface area contributed by atoms with Gasteiger partial charge in [0.2, 0.25) is 0 Å². The molecule has 0 saturated carbocycles. The summed E-state index contributed by atoms with van der Waals surface area (Å²) in [6, 6.07) is 9.64. The van der Waals surface area contributed by atoms with Crippen LogP contribution in [0.4, 0.5) is 4.39 Å². The van der Waals surface area contributed by atoms with Crippen LogP contribution in [0.15, 0.2) is 52.3 Å². The van der Waals surface area contributed by atoms with Crippen LogP contribution in [0, 0.1) is 5.82 Å². The fourth-order valence-corrected chi connectivity index (χ4v) is 2.74. The maximum Gasteiger partial charge on any atom is 1.00 e. The zero-order chi connectivity index (χ0) is 17.7. The first-order valence-corrected chi connectivity index (χ1v) is 8.48. The smallest absolute Gasteiger partial charge is 0.858 e. The van der Waals surface area contributed by atoms with Gasteiger partial charge in [0.15, 0.2) is 0 Å². The minimum atomic E-state index is -4.17. The van der Waals surface area contributed by atoms with Crippen LogP contribution in [0.3, 0.4) is 0 Å². The molecule has 126 valence electrons. The molecule has 2 aromatic rings. The van der Waals surface area contributed by atoms with Gasteiger partial charge in [-0.2, -0.15) is 12.8 Å². The first kappa shape index (κ1) is 21.7. The largest absolute Gasteiger partial charge is 1.00 e. The summed E-state index contributed by atoms with van der Waals surface area (Å²) in [6.07, 6.45) is 1.28. The molecule has 0 bridgehead atoms. The van der Waals surface area contributed by atoms with Gasteiger partial charge >= 0.3 is 29.6 Å². The summed E-state index contributed by atoms with van der Waals surface area (Å²) in [4.78, 5) is 0. The van der Waals surface area contributed by atoms with Crippen LogP contribution in [0.2, 0.25) is 5.02 Å². The molecule has 0 unspecified atom stereocenters. The molecule has 2 rings (SSSR count). The van der Waals surface area contributed by atoms with E-state index in [-0.39, 0.29) is 40.1 Å². The predicted molar refractivity (Wildman–Crippen MR) is 88.9 cm³/mol. The molecular weight excluding hydrogens is 380 g/mol. The fourth-order valence-electron chi connectivity index (χ4n) is 1.77. The van der Waals surface area contributed by atoms with E-state index in [4.69, 9.17) is 16.3 Å². The molecule has 0 saturated heterocycles. The molecule has 0 aliphatic rings. The number of ether oxygens (including phenoxy) is 1. The van der Waals surface area contributed by atoms with Crippen molar-refractivity contribution in [3.63, 3.8) is 0 Å². The van der Waals surface area contributed by atoms with Crippen molar-refractivity contribution in [3.05, 3.63) is 69.8 Å². The van der Waals surface area contributed by atoms with Crippen molar-refractivity contribution in [2.75, 3.05) is 7.11 Å². The number of rotatable bonds is 5. The number of hydrogen-bond donors (Lipinski definition) is 0. The Bertz CT molecular complexity index is 916. The van der Waals surface area contributed by atoms with Crippen LogP contribution in [0.25, 0.3) is 6.08 Å². The van der Waals surface area contributed by atoms with Gasteiger partial charge in [-0.1, -0.05) is 23.7 Å². The van der Waals surface area contributed by atoms with E-state index >= 15 is 0 Å². The fraction of sp³-hybridized carbons (Fsp3) is 0.0625. The van der Waals surface area contributed by atoms with Crippen LogP contribution < -0.4 is 39.4 Å². The molecule has 2 aromatic carbocycles. The van der Waals surface area contributed by atoms with Gasteiger partial charge in [-0.3, -0.25) is 0 Å². The summed E-state index contributed by atoms with van der Waals surface area (Å²) < 4.78 is 44.9. The predicted octanol–water partition coefficient (Wildman–Crippen LogP) is -0.401. The molecule has 0 heterocycles. The maximum atomic E-state index is 13.0. The zero-order valence-corrected chi connectivity index (χ0v) is 17.0. The van der Waals surface area contributed by atoms with Crippen molar-refractivity contribution >= 4 is 33.6 Å². The Morgan fingerprint density at radius 3 is 2.64 bits per heavy atom. The van der Waals surface area contributed by atoms with Gasteiger partial charge in [-0.25, -0.2) is 4.39 Å². The monoisotopic (exact) mass is 391 g/mol. The molecule has 0 spiro atoms. The quantitative estimate of drug-likeness (QED) is 0.395. The van der Waals surface area contributed by atoms with Crippen molar-refractivity contribution in [1.29, 1.82) is 0 Å². The number of hydrogen-bond acceptors (Lipinski definition) is 4. The Balaban J connectivity index is 0.00000312. The Morgan fingerprint density at radius 1 is 1.28 bits per heavy atom. The maximum absolute atomic E-state index is 13.0. The Hall–Kier alpha value is -1.38. The van der Waals surface area contributed by atoms with E-state index in [9.17, 15) is 17.9 Å². The summed E-state index contributed by atoms with van der Waals surface area (Å²) in [5.41, 5.74) is 0.358. The first-order chi connectivity index (χ1) is 11.3. The number of sulfonamides is 1. The molecule has 0 atom stereocenters. The van der Waals surface area contributed by atoms with Gasteiger partial charge < -0.3 is 9.84 Å². The van der Waals surface area contributed by atoms with Crippen LogP contribution in [-0.4, -0.2) is 21.4 Å². The second-order valence-electron chi connectivity index (χ2n) is 4.61. The van der Waals surface area contributed by atoms with Gasteiger partial charge in [0.25, 0.3) is 10.0 Å². The van der Waals surface area contributed by atoms with E-state index < -0.39 is 21.7 Å². The van der Waals surface area contributed by atoms with Gasteiger partial charge in [0, 0.05) is 11.5 Å². The van der Waals surface area contributed by atoms with Crippen LogP contribution in [0.1, 0.15) is 11.1 Å². The minimum Gasteiger partial charge on any atom is -0.858 e. The molecular formula is C16H12ClFNNaO4S. The molecule has 0 radical (unpaired) electrons. The third-order valence-electron chi connectivity index (χ3n) is 2.90. The molecule has 0 aliphatic carbocycles. The second kappa shape index (κ2) is 9.35. The Labute approximate surface area is 172 Å². The van der Waals surface area contributed by atoms with Crippen molar-refractivity contribution in [3.8, 4) is 5.75 Å². The second-order valence-corrected chi connectivity index (χ2v) is 6.51. The van der Waals surface area contributed by atoms with E-state index in [2.05, 4.69) is 4.40 Å². The van der Waals surface area contributed by atoms with E-state index in [1.165, 1.54) is 13.2 Å². The Morgan fingerprint density at radius 2 is 2.00 bits per heavy atom. The number of nitrogens with zero attached hydrogens (tertiary/aromatic N) is 1. The standard InChI is InChI=1S/C16H13ClFNO4S.Na/c1-23-13-4-2-3-11(9-13)7-8-24(21,22)19-16(20)14-6-5-12(18)10-15(14)17;/h2-10H,1H3,(H,19,20);/q;+1/p-1/b8-7+;. The molecule has 0 aromatic heterocycles. The van der Waals surface area contributed by atoms with Crippen molar-refractivity contribution in [2.24, 2.45) is 4.40 Å². The molecule has 25 heavy (non-hydrogen) atoms. The summed E-state index contributed by atoms with van der Waals surface area (Å²) in [5.74, 6) is -1.16. The van der Waals surface area contributed by atoms with Crippen molar-refractivity contribution in [2.45, 2.75) is 0 Å². The number of benzene rings is 2. The zero-order valence-electron chi connectivity index (χ0n) is 13.4. The van der Waals surface area contributed by atoms with Crippen LogP contribution >= 0.6 is 11.6 Å². The summed E-state index contributed by atoms with van der Waals surface area (Å²) in [7, 11) is -2.69. The molecule has 5 nitrogen and oxygen atoms in total. The van der Waals surface area contributed by atoms with Gasteiger partial charge in [-0.05, 0) is 42.0 Å². The van der Waals surface area contributed by atoms with Crippen molar-refractivity contribution in [1.82, 2.24) is 0 Å². The third kappa shape index (κ3) is 6.45. The average Bonchev–Trinajstić information content (AvgIpc) is 2.52. The third-order valence-corrected chi connectivity index (χ3v) is 4.11. The molecule has 9 heteroatoms. The van der Waals surface area contributed by atoms with E-state index in [1.807, 2.05) is 0 Å². The van der Waals surface area contributed by atoms with Gasteiger partial charge in [0.05, 0.1) is 17.5 Å². The SMILES string of the molecule is COc1cccc(/C=C/S(=O)(=O)/N=C(\[O-])c2ccc(F)cc2Cl)c1.[Na+]. The summed E-state index contributed by atoms with van der Waals surface area (Å²) in [5, 5.41) is 12.5. The average molecular weight is 392 g/mol. The topological polar surface area (TPSA) is 78.8 Å². The van der Waals surface area contributed by atoms with Crippen LogP contribution in [-0.2, 0) is 10.0 Å². The normalized spacial score (nSPS) is 12.0. The van der Waals surface area contributed by atoms with E-state index in [1.54, 1.807) is 24.3 Å². The van der Waals surface area contributed by atoms with Gasteiger partial charge in [-0.15, -0.1) is 0 Å². The molecule has 0 fully saturated rings. The first-order valence-electron chi connectivity index (χ1n) is 6.60. The summed E-state index contributed by atoms with van der Waals surface area (Å²) >= 11 is 5.71. The van der Waals surface area contributed by atoms with Crippen LogP contribution in [0.5, 0.6) is 5.75 Å². The van der Waals surface area contributed by atoms with E-state index in [0.29, 0.717) is 11.3 Å². The Kier molecular flexibility index (Phi) is 8.11. The molecule has 0 amide bonds. The number of methoxy groups -OCH3 is 1.